The number of nitrogens with zero attached hydrogens (tertiary/aromatic N) is 3. The molecule has 1 aliphatic heterocycles. The quantitative estimate of drug-likeness (QED) is 0.844. The number of aromatic nitrogens is 1. The molecule has 0 saturated carbocycles. The van der Waals surface area contributed by atoms with E-state index < -0.39 is 0 Å². The zero-order valence-electron chi connectivity index (χ0n) is 15.1. The summed E-state index contributed by atoms with van der Waals surface area (Å²) in [5, 5.41) is 0. The van der Waals surface area contributed by atoms with E-state index in [1.54, 1.807) is 34.3 Å². The van der Waals surface area contributed by atoms with E-state index in [4.69, 9.17) is 4.74 Å². The molecule has 0 radical (unpaired) electrons. The zero-order chi connectivity index (χ0) is 18.5. The fraction of sp³-hybridized carbons (Fsp3) is 0.350. The third-order valence-corrected chi connectivity index (χ3v) is 4.53. The van der Waals surface area contributed by atoms with Crippen molar-refractivity contribution in [1.29, 1.82) is 0 Å². The van der Waals surface area contributed by atoms with Crippen molar-refractivity contribution in [2.75, 3.05) is 32.8 Å². The van der Waals surface area contributed by atoms with Crippen LogP contribution in [0.3, 0.4) is 0 Å². The zero-order valence-corrected chi connectivity index (χ0v) is 15.1. The average Bonchev–Trinajstić information content (AvgIpc) is 2.67. The van der Waals surface area contributed by atoms with Crippen LogP contribution in [0.25, 0.3) is 0 Å². The van der Waals surface area contributed by atoms with Gasteiger partial charge in [0.15, 0.2) is 6.61 Å². The van der Waals surface area contributed by atoms with Crippen molar-refractivity contribution in [1.82, 2.24) is 14.8 Å². The van der Waals surface area contributed by atoms with Gasteiger partial charge in [0.25, 0.3) is 11.8 Å². The van der Waals surface area contributed by atoms with Crippen LogP contribution in [-0.2, 0) is 4.79 Å². The van der Waals surface area contributed by atoms with Crippen LogP contribution in [0.4, 0.5) is 0 Å². The molecule has 1 saturated heterocycles. The first kappa shape index (κ1) is 17.9. The Bertz CT molecular complexity index is 784. The lowest BCUT2D eigenvalue weighted by Gasteiger charge is -2.34. The van der Waals surface area contributed by atoms with E-state index in [1.807, 2.05) is 32.0 Å². The van der Waals surface area contributed by atoms with Gasteiger partial charge in [0, 0.05) is 44.1 Å². The third-order valence-electron chi connectivity index (χ3n) is 4.53. The Kier molecular flexibility index (Phi) is 5.51. The Morgan fingerprint density at radius 3 is 2.31 bits per heavy atom. The van der Waals surface area contributed by atoms with Gasteiger partial charge in [-0.3, -0.25) is 14.6 Å². The predicted molar refractivity (Wildman–Crippen MR) is 98.1 cm³/mol. The topological polar surface area (TPSA) is 62.7 Å². The van der Waals surface area contributed by atoms with E-state index >= 15 is 0 Å². The fourth-order valence-electron chi connectivity index (χ4n) is 3.03. The lowest BCUT2D eigenvalue weighted by atomic mass is 10.1. The summed E-state index contributed by atoms with van der Waals surface area (Å²) in [5.74, 6) is 0.655. The van der Waals surface area contributed by atoms with Gasteiger partial charge in [0.1, 0.15) is 5.75 Å². The molecule has 1 aromatic carbocycles. The van der Waals surface area contributed by atoms with Crippen LogP contribution in [0.2, 0.25) is 0 Å². The highest BCUT2D eigenvalue weighted by Gasteiger charge is 2.25. The third kappa shape index (κ3) is 4.20. The lowest BCUT2D eigenvalue weighted by Crippen LogP contribution is -2.51. The van der Waals surface area contributed by atoms with Gasteiger partial charge < -0.3 is 14.5 Å². The van der Waals surface area contributed by atoms with E-state index in [-0.39, 0.29) is 18.4 Å². The molecule has 0 aliphatic carbocycles. The van der Waals surface area contributed by atoms with Crippen LogP contribution in [-0.4, -0.2) is 59.4 Å². The van der Waals surface area contributed by atoms with Crippen molar-refractivity contribution >= 4 is 11.8 Å². The van der Waals surface area contributed by atoms with Gasteiger partial charge in [-0.15, -0.1) is 0 Å². The Hall–Kier alpha value is -2.89. The highest BCUT2D eigenvalue weighted by molar-refractivity contribution is 5.94. The fourth-order valence-corrected chi connectivity index (χ4v) is 3.03. The molecule has 2 amide bonds. The molecular formula is C20H23N3O3. The van der Waals surface area contributed by atoms with Gasteiger partial charge in [-0.2, -0.15) is 0 Å². The maximum absolute atomic E-state index is 12.4. The standard InChI is InChI=1S/C20H23N3O3/c1-15-3-4-18(16(2)13-15)26-14-19(24)22-9-11-23(12-10-22)20(25)17-5-7-21-8-6-17/h3-8,13H,9-12,14H2,1-2H3. The van der Waals surface area contributed by atoms with Crippen molar-refractivity contribution in [2.45, 2.75) is 13.8 Å². The number of carbonyl (C=O) groups is 2. The first-order valence-electron chi connectivity index (χ1n) is 8.72. The molecule has 1 aliphatic rings. The van der Waals surface area contributed by atoms with Crippen molar-refractivity contribution in [3.63, 3.8) is 0 Å². The van der Waals surface area contributed by atoms with Crippen LogP contribution >= 0.6 is 0 Å². The Labute approximate surface area is 153 Å². The molecule has 0 atom stereocenters. The second-order valence-electron chi connectivity index (χ2n) is 6.47. The molecule has 136 valence electrons. The Morgan fingerprint density at radius 2 is 1.65 bits per heavy atom. The minimum atomic E-state index is -0.0546. The number of hydrogen-bond acceptors (Lipinski definition) is 4. The molecule has 0 unspecified atom stereocenters. The summed E-state index contributed by atoms with van der Waals surface area (Å²) in [6.07, 6.45) is 3.22. The minimum Gasteiger partial charge on any atom is -0.484 e. The summed E-state index contributed by atoms with van der Waals surface area (Å²) in [6.45, 7) is 6.10. The Morgan fingerprint density at radius 1 is 1.00 bits per heavy atom. The maximum atomic E-state index is 12.4. The molecule has 0 N–H and O–H groups in total. The van der Waals surface area contributed by atoms with Gasteiger partial charge in [-0.25, -0.2) is 0 Å². The second-order valence-corrected chi connectivity index (χ2v) is 6.47. The number of carbonyl (C=O) groups excluding carboxylic acids is 2. The smallest absolute Gasteiger partial charge is 0.260 e. The lowest BCUT2D eigenvalue weighted by molar-refractivity contribution is -0.134. The summed E-state index contributed by atoms with van der Waals surface area (Å²) < 4.78 is 5.67. The number of pyridine rings is 1. The molecule has 0 spiro atoms. The summed E-state index contributed by atoms with van der Waals surface area (Å²) in [6, 6.07) is 9.30. The number of benzene rings is 1. The predicted octanol–water partition coefficient (Wildman–Crippen LogP) is 2.06. The molecule has 6 nitrogen and oxygen atoms in total. The molecule has 0 bridgehead atoms. The van der Waals surface area contributed by atoms with Gasteiger partial charge in [0.05, 0.1) is 0 Å². The minimum absolute atomic E-state index is 0.0161. The van der Waals surface area contributed by atoms with Crippen molar-refractivity contribution in [3.8, 4) is 5.75 Å². The molecular weight excluding hydrogens is 330 g/mol. The highest BCUT2D eigenvalue weighted by Crippen LogP contribution is 2.19. The van der Waals surface area contributed by atoms with Crippen molar-refractivity contribution in [2.24, 2.45) is 0 Å². The van der Waals surface area contributed by atoms with Gasteiger partial charge >= 0.3 is 0 Å². The molecule has 2 aromatic rings. The highest BCUT2D eigenvalue weighted by atomic mass is 16.5. The van der Waals surface area contributed by atoms with Crippen LogP contribution in [0.5, 0.6) is 5.75 Å². The van der Waals surface area contributed by atoms with Crippen LogP contribution in [0.1, 0.15) is 21.5 Å². The van der Waals surface area contributed by atoms with Gasteiger partial charge in [0.2, 0.25) is 0 Å². The monoisotopic (exact) mass is 353 g/mol. The number of piperazine rings is 1. The number of aryl methyl sites for hydroxylation is 2. The van der Waals surface area contributed by atoms with Gasteiger partial charge in [-0.1, -0.05) is 17.7 Å². The summed E-state index contributed by atoms with van der Waals surface area (Å²) >= 11 is 0. The normalized spacial score (nSPS) is 14.2. The SMILES string of the molecule is Cc1ccc(OCC(=O)N2CCN(C(=O)c3ccncc3)CC2)c(C)c1. The Balaban J connectivity index is 1.50. The first-order chi connectivity index (χ1) is 12.5. The van der Waals surface area contributed by atoms with E-state index in [9.17, 15) is 9.59 Å². The van der Waals surface area contributed by atoms with E-state index in [1.165, 1.54) is 0 Å². The van der Waals surface area contributed by atoms with E-state index in [0.717, 1.165) is 16.9 Å². The van der Waals surface area contributed by atoms with Crippen LogP contribution in [0.15, 0.2) is 42.7 Å². The van der Waals surface area contributed by atoms with Crippen LogP contribution in [0, 0.1) is 13.8 Å². The summed E-state index contributed by atoms with van der Waals surface area (Å²) in [7, 11) is 0. The number of ether oxygens (including phenoxy) is 1. The molecule has 1 aromatic heterocycles. The van der Waals surface area contributed by atoms with Crippen molar-refractivity contribution in [3.05, 3.63) is 59.4 Å². The average molecular weight is 353 g/mol. The first-order valence-corrected chi connectivity index (χ1v) is 8.72. The molecule has 6 heteroatoms. The second kappa shape index (κ2) is 7.99. The van der Waals surface area contributed by atoms with E-state index in [2.05, 4.69) is 4.98 Å². The van der Waals surface area contributed by atoms with Crippen molar-refractivity contribution < 1.29 is 14.3 Å². The maximum Gasteiger partial charge on any atom is 0.260 e. The molecule has 1 fully saturated rings. The molecule has 3 rings (SSSR count). The van der Waals surface area contributed by atoms with Crippen LogP contribution < -0.4 is 4.74 Å². The molecule has 2 heterocycles. The summed E-state index contributed by atoms with van der Waals surface area (Å²) in [5.41, 5.74) is 2.81. The largest absolute Gasteiger partial charge is 0.484 e. The van der Waals surface area contributed by atoms with Gasteiger partial charge in [-0.05, 0) is 37.6 Å². The number of amides is 2. The number of hydrogen-bond donors (Lipinski definition) is 0. The van der Waals surface area contributed by atoms with E-state index in [0.29, 0.717) is 31.7 Å². The molecule has 26 heavy (non-hydrogen) atoms. The summed E-state index contributed by atoms with van der Waals surface area (Å²) in [4.78, 5) is 32.3. The number of rotatable bonds is 4.